The number of amides is 3. The van der Waals surface area contributed by atoms with Crippen molar-refractivity contribution in [1.29, 1.82) is 0 Å². The minimum Gasteiger partial charge on any atom is -0.326 e. The zero-order valence-corrected chi connectivity index (χ0v) is 15.6. The van der Waals surface area contributed by atoms with Crippen molar-refractivity contribution in [2.75, 3.05) is 11.9 Å². The van der Waals surface area contributed by atoms with Crippen LogP contribution in [-0.4, -0.2) is 34.9 Å². The molecule has 27 heavy (non-hydrogen) atoms. The number of allylic oxidation sites excluding steroid dienone is 2. The molecule has 2 atom stereocenters. The van der Waals surface area contributed by atoms with Crippen molar-refractivity contribution in [2.45, 2.75) is 33.1 Å². The first-order chi connectivity index (χ1) is 12.9. The lowest BCUT2D eigenvalue weighted by Gasteiger charge is -2.14. The fourth-order valence-electron chi connectivity index (χ4n) is 3.58. The predicted octanol–water partition coefficient (Wildman–Crippen LogP) is 2.81. The van der Waals surface area contributed by atoms with Crippen LogP contribution in [0.25, 0.3) is 0 Å². The van der Waals surface area contributed by atoms with Crippen molar-refractivity contribution >= 4 is 29.2 Å². The standard InChI is InChI=1S/C21H24N2O4/c1-13(2)11-19(25)22-15-9-7-14(8-10-15)18(24)12-23-20(26)16-5-3-4-6-17(16)21(23)27/h3-4,7-10,13,16-17H,5-6,11-12H2,1-2H3,(H,22,25). The second-order valence-corrected chi connectivity index (χ2v) is 7.57. The molecule has 1 saturated heterocycles. The van der Waals surface area contributed by atoms with Crippen molar-refractivity contribution in [3.05, 3.63) is 42.0 Å². The molecule has 0 bridgehead atoms. The lowest BCUT2D eigenvalue weighted by Crippen LogP contribution is -2.36. The van der Waals surface area contributed by atoms with E-state index < -0.39 is 0 Å². The number of hydrogen-bond donors (Lipinski definition) is 1. The van der Waals surface area contributed by atoms with Gasteiger partial charge in [-0.15, -0.1) is 0 Å². The summed E-state index contributed by atoms with van der Waals surface area (Å²) in [6.07, 6.45) is 5.39. The Hall–Kier alpha value is -2.76. The Morgan fingerprint density at radius 1 is 1.04 bits per heavy atom. The van der Waals surface area contributed by atoms with Crippen molar-refractivity contribution in [1.82, 2.24) is 4.90 Å². The van der Waals surface area contributed by atoms with Crippen molar-refractivity contribution in [2.24, 2.45) is 17.8 Å². The summed E-state index contributed by atoms with van der Waals surface area (Å²) < 4.78 is 0. The van der Waals surface area contributed by atoms with Gasteiger partial charge in [0, 0.05) is 17.7 Å². The molecule has 0 aromatic heterocycles. The molecule has 3 amide bonds. The van der Waals surface area contributed by atoms with Gasteiger partial charge in [0.2, 0.25) is 17.7 Å². The smallest absolute Gasteiger partial charge is 0.233 e. The quantitative estimate of drug-likeness (QED) is 0.475. The average molecular weight is 368 g/mol. The van der Waals surface area contributed by atoms with Gasteiger partial charge < -0.3 is 5.32 Å². The number of nitrogens with one attached hydrogen (secondary N) is 1. The predicted molar refractivity (Wildman–Crippen MR) is 101 cm³/mol. The van der Waals surface area contributed by atoms with Crippen LogP contribution in [-0.2, 0) is 14.4 Å². The molecule has 1 N–H and O–H groups in total. The Bertz CT molecular complexity index is 769. The molecule has 2 aliphatic rings. The number of carbonyl (C=O) groups is 4. The molecular formula is C21H24N2O4. The Balaban J connectivity index is 1.62. The van der Waals surface area contributed by atoms with Gasteiger partial charge in [-0.25, -0.2) is 0 Å². The maximum absolute atomic E-state index is 12.5. The summed E-state index contributed by atoms with van der Waals surface area (Å²) in [6, 6.07) is 6.52. The number of carbonyl (C=O) groups excluding carboxylic acids is 4. The number of likely N-dealkylation sites (tertiary alicyclic amines) is 1. The summed E-state index contributed by atoms with van der Waals surface area (Å²) in [5.74, 6) is -1.25. The molecule has 6 heteroatoms. The van der Waals surface area contributed by atoms with E-state index in [0.29, 0.717) is 30.5 Å². The molecule has 1 heterocycles. The first kappa shape index (κ1) is 19.0. The van der Waals surface area contributed by atoms with Crippen molar-refractivity contribution < 1.29 is 19.2 Å². The van der Waals surface area contributed by atoms with Crippen LogP contribution in [0.1, 0.15) is 43.5 Å². The Morgan fingerprint density at radius 3 is 2.11 bits per heavy atom. The van der Waals surface area contributed by atoms with E-state index in [2.05, 4.69) is 5.32 Å². The van der Waals surface area contributed by atoms with Gasteiger partial charge in [-0.05, 0) is 43.0 Å². The van der Waals surface area contributed by atoms with E-state index in [1.165, 1.54) is 0 Å². The average Bonchev–Trinajstić information content (AvgIpc) is 2.87. The summed E-state index contributed by atoms with van der Waals surface area (Å²) in [5, 5.41) is 2.78. The van der Waals surface area contributed by atoms with Gasteiger partial charge >= 0.3 is 0 Å². The first-order valence-electron chi connectivity index (χ1n) is 9.30. The van der Waals surface area contributed by atoms with Crippen LogP contribution in [0.15, 0.2) is 36.4 Å². The Labute approximate surface area is 158 Å². The second kappa shape index (κ2) is 7.86. The molecule has 0 spiro atoms. The first-order valence-corrected chi connectivity index (χ1v) is 9.30. The fraction of sp³-hybridized carbons (Fsp3) is 0.429. The number of imide groups is 1. The Kier molecular flexibility index (Phi) is 5.54. The number of ketones is 1. The Morgan fingerprint density at radius 2 is 1.59 bits per heavy atom. The van der Waals surface area contributed by atoms with Gasteiger partial charge in [-0.2, -0.15) is 0 Å². The molecule has 2 unspecified atom stereocenters. The number of fused-ring (bicyclic) bond motifs is 1. The third-order valence-electron chi connectivity index (χ3n) is 4.98. The van der Waals surface area contributed by atoms with Crippen LogP contribution in [0.4, 0.5) is 5.69 Å². The summed E-state index contributed by atoms with van der Waals surface area (Å²) in [4.78, 5) is 50.3. The monoisotopic (exact) mass is 368 g/mol. The van der Waals surface area contributed by atoms with E-state index in [1.54, 1.807) is 24.3 Å². The number of benzene rings is 1. The van der Waals surface area contributed by atoms with Crippen LogP contribution in [0.2, 0.25) is 0 Å². The summed E-state index contributed by atoms with van der Waals surface area (Å²) in [7, 11) is 0. The maximum atomic E-state index is 12.5. The van der Waals surface area contributed by atoms with E-state index in [0.717, 1.165) is 4.90 Å². The van der Waals surface area contributed by atoms with Gasteiger partial charge in [0.25, 0.3) is 0 Å². The highest BCUT2D eigenvalue weighted by molar-refractivity contribution is 6.10. The van der Waals surface area contributed by atoms with E-state index in [9.17, 15) is 19.2 Å². The molecule has 1 aromatic rings. The summed E-state index contributed by atoms with van der Waals surface area (Å²) in [5.41, 5.74) is 1.02. The number of hydrogen-bond acceptors (Lipinski definition) is 4. The third kappa shape index (κ3) is 4.15. The molecule has 0 saturated carbocycles. The summed E-state index contributed by atoms with van der Waals surface area (Å²) >= 11 is 0. The highest BCUT2D eigenvalue weighted by Gasteiger charge is 2.47. The van der Waals surface area contributed by atoms with Gasteiger partial charge in [0.1, 0.15) is 0 Å². The van der Waals surface area contributed by atoms with Crippen LogP contribution in [0.3, 0.4) is 0 Å². The van der Waals surface area contributed by atoms with Gasteiger partial charge in [0.05, 0.1) is 18.4 Å². The van der Waals surface area contributed by atoms with E-state index in [-0.39, 0.29) is 47.8 Å². The molecule has 1 aromatic carbocycles. The van der Waals surface area contributed by atoms with Gasteiger partial charge in [0.15, 0.2) is 5.78 Å². The maximum Gasteiger partial charge on any atom is 0.233 e. The zero-order valence-electron chi connectivity index (χ0n) is 15.6. The van der Waals surface area contributed by atoms with Crippen molar-refractivity contribution in [3.63, 3.8) is 0 Å². The van der Waals surface area contributed by atoms with Crippen LogP contribution in [0.5, 0.6) is 0 Å². The van der Waals surface area contributed by atoms with Crippen LogP contribution >= 0.6 is 0 Å². The lowest BCUT2D eigenvalue weighted by atomic mass is 9.85. The second-order valence-electron chi connectivity index (χ2n) is 7.57. The molecule has 3 rings (SSSR count). The molecule has 1 aliphatic carbocycles. The summed E-state index contributed by atoms with van der Waals surface area (Å²) in [6.45, 7) is 3.70. The topological polar surface area (TPSA) is 83.6 Å². The molecular weight excluding hydrogens is 344 g/mol. The number of nitrogens with zero attached hydrogens (tertiary/aromatic N) is 1. The van der Waals surface area contributed by atoms with Crippen LogP contribution < -0.4 is 5.32 Å². The number of Topliss-reactive ketones (excluding diaryl/α,β-unsaturated/α-hetero) is 1. The number of anilines is 1. The zero-order chi connectivity index (χ0) is 19.6. The van der Waals surface area contributed by atoms with Gasteiger partial charge in [-0.1, -0.05) is 26.0 Å². The van der Waals surface area contributed by atoms with E-state index in [1.807, 2.05) is 26.0 Å². The molecule has 1 aliphatic heterocycles. The molecule has 6 nitrogen and oxygen atoms in total. The normalized spacial score (nSPS) is 21.5. The number of rotatable bonds is 6. The highest BCUT2D eigenvalue weighted by atomic mass is 16.2. The highest BCUT2D eigenvalue weighted by Crippen LogP contribution is 2.35. The van der Waals surface area contributed by atoms with E-state index in [4.69, 9.17) is 0 Å². The fourth-order valence-corrected chi connectivity index (χ4v) is 3.58. The largest absolute Gasteiger partial charge is 0.326 e. The van der Waals surface area contributed by atoms with Crippen LogP contribution in [0, 0.1) is 17.8 Å². The molecule has 0 radical (unpaired) electrons. The minimum absolute atomic E-state index is 0.0754. The third-order valence-corrected chi connectivity index (χ3v) is 4.98. The minimum atomic E-state index is -0.325. The van der Waals surface area contributed by atoms with Crippen molar-refractivity contribution in [3.8, 4) is 0 Å². The lowest BCUT2D eigenvalue weighted by molar-refractivity contribution is -0.139. The SMILES string of the molecule is CC(C)CC(=O)Nc1ccc(C(=O)CN2C(=O)C3CC=CCC3C2=O)cc1. The van der Waals surface area contributed by atoms with Gasteiger partial charge in [-0.3, -0.25) is 24.1 Å². The van der Waals surface area contributed by atoms with E-state index >= 15 is 0 Å². The molecule has 142 valence electrons. The molecule has 1 fully saturated rings.